The van der Waals surface area contributed by atoms with Crippen LogP contribution < -0.4 is 16.6 Å². The molecular weight excluding hydrogens is 204 g/mol. The number of nitrogens with zero attached hydrogens (tertiary/aromatic N) is 2. The second-order valence-corrected chi connectivity index (χ2v) is 3.98. The lowest BCUT2D eigenvalue weighted by molar-refractivity contribution is 0.656. The van der Waals surface area contributed by atoms with Crippen molar-refractivity contribution in [3.63, 3.8) is 0 Å². The average molecular weight is 224 g/mol. The van der Waals surface area contributed by atoms with Gasteiger partial charge < -0.3 is 10.3 Å². The topological polar surface area (TPSA) is 91.1 Å². The van der Waals surface area contributed by atoms with Gasteiger partial charge in [-0.1, -0.05) is 13.8 Å². The molecule has 1 heterocycles. The third-order valence-corrected chi connectivity index (χ3v) is 1.99. The number of hydrazine groups is 1. The van der Waals surface area contributed by atoms with Crippen LogP contribution in [0.1, 0.15) is 19.5 Å². The Labute approximate surface area is 95.7 Å². The van der Waals surface area contributed by atoms with Crippen LogP contribution in [0.2, 0.25) is 0 Å². The second-order valence-electron chi connectivity index (χ2n) is 3.98. The SMILES string of the molecule is CC(C)CN=C(NN)NCCc1cnc[nH]1. The minimum absolute atomic E-state index is 0.526. The Morgan fingerprint density at radius 3 is 3.00 bits per heavy atom. The largest absolute Gasteiger partial charge is 0.355 e. The van der Waals surface area contributed by atoms with E-state index in [1.807, 2.05) is 6.20 Å². The zero-order valence-corrected chi connectivity index (χ0v) is 9.83. The molecule has 0 radical (unpaired) electrons. The number of rotatable bonds is 5. The highest BCUT2D eigenvalue weighted by molar-refractivity contribution is 5.79. The van der Waals surface area contributed by atoms with Crippen LogP contribution in [0.3, 0.4) is 0 Å². The monoisotopic (exact) mass is 224 g/mol. The van der Waals surface area contributed by atoms with E-state index in [0.29, 0.717) is 11.9 Å². The van der Waals surface area contributed by atoms with Crippen LogP contribution in [0.4, 0.5) is 0 Å². The van der Waals surface area contributed by atoms with E-state index in [1.165, 1.54) is 0 Å². The minimum atomic E-state index is 0.526. The molecule has 1 aromatic heterocycles. The zero-order chi connectivity index (χ0) is 11.8. The van der Waals surface area contributed by atoms with Gasteiger partial charge in [-0.05, 0) is 5.92 Å². The normalized spacial score (nSPS) is 11.9. The predicted molar refractivity (Wildman–Crippen MR) is 64.8 cm³/mol. The maximum Gasteiger partial charge on any atom is 0.205 e. The molecule has 0 saturated heterocycles. The molecule has 6 heteroatoms. The van der Waals surface area contributed by atoms with Crippen LogP contribution in [-0.2, 0) is 6.42 Å². The van der Waals surface area contributed by atoms with E-state index >= 15 is 0 Å². The molecule has 0 atom stereocenters. The standard InChI is InChI=1S/C10H20N6/c1-8(2)5-14-10(16-11)13-4-3-9-6-12-7-15-9/h6-8H,3-5,11H2,1-2H3,(H,12,15)(H2,13,14,16). The summed E-state index contributed by atoms with van der Waals surface area (Å²) in [7, 11) is 0. The fraction of sp³-hybridized carbons (Fsp3) is 0.600. The van der Waals surface area contributed by atoms with Crippen molar-refractivity contribution in [1.29, 1.82) is 0 Å². The maximum absolute atomic E-state index is 5.36. The molecule has 16 heavy (non-hydrogen) atoms. The van der Waals surface area contributed by atoms with Crippen molar-refractivity contribution in [3.05, 3.63) is 18.2 Å². The number of guanidine groups is 1. The predicted octanol–water partition coefficient (Wildman–Crippen LogP) is 0.0171. The van der Waals surface area contributed by atoms with Gasteiger partial charge in [0.15, 0.2) is 0 Å². The smallest absolute Gasteiger partial charge is 0.205 e. The summed E-state index contributed by atoms with van der Waals surface area (Å²) in [4.78, 5) is 11.3. The lowest BCUT2D eigenvalue weighted by Crippen LogP contribution is -2.42. The minimum Gasteiger partial charge on any atom is -0.355 e. The van der Waals surface area contributed by atoms with Gasteiger partial charge in [0.05, 0.1) is 6.33 Å². The third-order valence-electron chi connectivity index (χ3n) is 1.99. The first kappa shape index (κ1) is 12.5. The Morgan fingerprint density at radius 2 is 2.44 bits per heavy atom. The summed E-state index contributed by atoms with van der Waals surface area (Å²) in [6.45, 7) is 5.75. The average Bonchev–Trinajstić information content (AvgIpc) is 2.75. The summed E-state index contributed by atoms with van der Waals surface area (Å²) in [5.41, 5.74) is 3.64. The van der Waals surface area contributed by atoms with Crippen LogP contribution in [0, 0.1) is 5.92 Å². The van der Waals surface area contributed by atoms with Crippen LogP contribution in [0.15, 0.2) is 17.5 Å². The number of hydrogen-bond donors (Lipinski definition) is 4. The van der Waals surface area contributed by atoms with Crippen molar-refractivity contribution in [2.45, 2.75) is 20.3 Å². The molecule has 0 aliphatic carbocycles. The molecule has 0 unspecified atom stereocenters. The number of imidazole rings is 1. The Balaban J connectivity index is 2.26. The van der Waals surface area contributed by atoms with Crippen molar-refractivity contribution >= 4 is 5.96 Å². The number of nitrogens with one attached hydrogen (secondary N) is 3. The quantitative estimate of drug-likeness (QED) is 0.245. The molecule has 5 N–H and O–H groups in total. The molecule has 0 fully saturated rings. The van der Waals surface area contributed by atoms with E-state index in [9.17, 15) is 0 Å². The second kappa shape index (κ2) is 6.84. The number of aromatic amines is 1. The highest BCUT2D eigenvalue weighted by Gasteiger charge is 1.98. The lowest BCUT2D eigenvalue weighted by atomic mass is 10.2. The zero-order valence-electron chi connectivity index (χ0n) is 9.83. The van der Waals surface area contributed by atoms with Gasteiger partial charge in [-0.15, -0.1) is 0 Å². The highest BCUT2D eigenvalue weighted by atomic mass is 15.3. The van der Waals surface area contributed by atoms with E-state index < -0.39 is 0 Å². The Morgan fingerprint density at radius 1 is 1.62 bits per heavy atom. The number of hydrogen-bond acceptors (Lipinski definition) is 3. The molecule has 0 aromatic carbocycles. The number of aromatic nitrogens is 2. The van der Waals surface area contributed by atoms with Crippen molar-refractivity contribution in [2.24, 2.45) is 16.8 Å². The molecule has 0 bridgehead atoms. The van der Waals surface area contributed by atoms with Crippen molar-refractivity contribution in [2.75, 3.05) is 13.1 Å². The van der Waals surface area contributed by atoms with Gasteiger partial charge in [-0.25, -0.2) is 10.8 Å². The highest BCUT2D eigenvalue weighted by Crippen LogP contribution is 1.92. The summed E-state index contributed by atoms with van der Waals surface area (Å²) >= 11 is 0. The first-order valence-corrected chi connectivity index (χ1v) is 5.44. The van der Waals surface area contributed by atoms with Gasteiger partial charge in [0, 0.05) is 31.4 Å². The summed E-state index contributed by atoms with van der Waals surface area (Å²) < 4.78 is 0. The van der Waals surface area contributed by atoms with Crippen molar-refractivity contribution in [1.82, 2.24) is 20.7 Å². The molecular formula is C10H20N6. The fourth-order valence-corrected chi connectivity index (χ4v) is 1.16. The van der Waals surface area contributed by atoms with E-state index in [0.717, 1.165) is 25.2 Å². The molecule has 1 aromatic rings. The number of nitrogens with two attached hydrogens (primary N) is 1. The summed E-state index contributed by atoms with van der Waals surface area (Å²) in [5.74, 6) is 6.51. The lowest BCUT2D eigenvalue weighted by Gasteiger charge is -2.09. The van der Waals surface area contributed by atoms with Crippen molar-refractivity contribution < 1.29 is 0 Å². The first-order valence-electron chi connectivity index (χ1n) is 5.44. The molecule has 6 nitrogen and oxygen atoms in total. The molecule has 0 amide bonds. The Kier molecular flexibility index (Phi) is 5.35. The van der Waals surface area contributed by atoms with Gasteiger partial charge >= 0.3 is 0 Å². The van der Waals surface area contributed by atoms with E-state index in [4.69, 9.17) is 5.84 Å². The molecule has 0 aliphatic rings. The van der Waals surface area contributed by atoms with E-state index in [-0.39, 0.29) is 0 Å². The fourth-order valence-electron chi connectivity index (χ4n) is 1.16. The molecule has 90 valence electrons. The molecule has 0 spiro atoms. The van der Waals surface area contributed by atoms with E-state index in [1.54, 1.807) is 6.33 Å². The van der Waals surface area contributed by atoms with Crippen LogP contribution >= 0.6 is 0 Å². The van der Waals surface area contributed by atoms with Gasteiger partial charge in [-0.3, -0.25) is 10.4 Å². The van der Waals surface area contributed by atoms with Gasteiger partial charge in [0.1, 0.15) is 0 Å². The molecule has 1 rings (SSSR count). The number of aliphatic imine (C=N–C) groups is 1. The summed E-state index contributed by atoms with van der Waals surface area (Å²) in [6.07, 6.45) is 4.34. The van der Waals surface area contributed by atoms with Crippen LogP contribution in [0.5, 0.6) is 0 Å². The van der Waals surface area contributed by atoms with Gasteiger partial charge in [0.2, 0.25) is 5.96 Å². The Bertz CT molecular complexity index is 303. The summed E-state index contributed by atoms with van der Waals surface area (Å²) in [6, 6.07) is 0. The Hall–Kier alpha value is -1.56. The van der Waals surface area contributed by atoms with Gasteiger partial charge in [-0.2, -0.15) is 0 Å². The summed E-state index contributed by atoms with van der Waals surface area (Å²) in [5, 5.41) is 3.13. The molecule has 0 aliphatic heterocycles. The number of H-pyrrole nitrogens is 1. The maximum atomic E-state index is 5.36. The first-order chi connectivity index (χ1) is 7.72. The van der Waals surface area contributed by atoms with Crippen LogP contribution in [-0.4, -0.2) is 29.0 Å². The third kappa shape index (κ3) is 4.79. The van der Waals surface area contributed by atoms with Gasteiger partial charge in [0.25, 0.3) is 0 Å². The van der Waals surface area contributed by atoms with Crippen molar-refractivity contribution in [3.8, 4) is 0 Å². The van der Waals surface area contributed by atoms with Crippen LogP contribution in [0.25, 0.3) is 0 Å². The van der Waals surface area contributed by atoms with E-state index in [2.05, 4.69) is 39.6 Å². The molecule has 0 saturated carbocycles.